The van der Waals surface area contributed by atoms with E-state index < -0.39 is 11.7 Å². The van der Waals surface area contributed by atoms with Gasteiger partial charge in [0.05, 0.1) is 17.3 Å². The standard InChI is InChI=1S/C20H14ClF3N4O2S2/c21-15-2-1-12(20(22,23)24)7-11(15)8-13-9-25-19(32-13)27-16(29)3-5-28-10-26-17-14(18(28)30)4-6-31-17/h1-2,4,6-7,9-10H,3,5,8H2,(H,25,27,29). The summed E-state index contributed by atoms with van der Waals surface area (Å²) in [4.78, 5) is 34.2. The van der Waals surface area contributed by atoms with Crippen LogP contribution in [0.25, 0.3) is 10.2 Å². The lowest BCUT2D eigenvalue weighted by Gasteiger charge is -2.09. The number of benzene rings is 1. The number of amides is 1. The Balaban J connectivity index is 1.38. The second-order valence-corrected chi connectivity index (χ2v) is 9.21. The number of nitrogens with zero attached hydrogens (tertiary/aromatic N) is 3. The molecule has 6 nitrogen and oxygen atoms in total. The van der Waals surface area contributed by atoms with Crippen LogP contribution in [0.2, 0.25) is 5.02 Å². The maximum absolute atomic E-state index is 12.9. The lowest BCUT2D eigenvalue weighted by atomic mass is 10.1. The van der Waals surface area contributed by atoms with Gasteiger partial charge in [0.2, 0.25) is 5.91 Å². The third-order valence-corrected chi connectivity index (χ3v) is 6.67. The molecule has 0 unspecified atom stereocenters. The number of anilines is 1. The average molecular weight is 499 g/mol. The zero-order valence-electron chi connectivity index (χ0n) is 16.1. The summed E-state index contributed by atoms with van der Waals surface area (Å²) in [5.41, 5.74) is -0.669. The Morgan fingerprint density at radius 2 is 2.03 bits per heavy atom. The van der Waals surface area contributed by atoms with Gasteiger partial charge in [0.15, 0.2) is 5.13 Å². The minimum absolute atomic E-state index is 0.0333. The van der Waals surface area contributed by atoms with Crippen molar-refractivity contribution in [3.8, 4) is 0 Å². The Bertz CT molecular complexity index is 1350. The van der Waals surface area contributed by atoms with Crippen LogP contribution in [0.15, 0.2) is 47.0 Å². The highest BCUT2D eigenvalue weighted by atomic mass is 35.5. The number of aryl methyl sites for hydroxylation is 1. The summed E-state index contributed by atoms with van der Waals surface area (Å²) in [7, 11) is 0. The van der Waals surface area contributed by atoms with Crippen molar-refractivity contribution in [1.29, 1.82) is 0 Å². The first-order chi connectivity index (χ1) is 15.2. The zero-order chi connectivity index (χ0) is 22.9. The fourth-order valence-electron chi connectivity index (χ4n) is 2.98. The molecule has 0 spiro atoms. The molecule has 12 heteroatoms. The predicted molar refractivity (Wildman–Crippen MR) is 119 cm³/mol. The first-order valence-corrected chi connectivity index (χ1v) is 11.3. The van der Waals surface area contributed by atoms with Crippen LogP contribution >= 0.6 is 34.3 Å². The molecule has 0 fully saturated rings. The van der Waals surface area contributed by atoms with Gasteiger partial charge in [-0.3, -0.25) is 14.2 Å². The first kappa shape index (κ1) is 22.4. The molecule has 3 heterocycles. The first-order valence-electron chi connectivity index (χ1n) is 9.23. The number of thiophene rings is 1. The smallest absolute Gasteiger partial charge is 0.302 e. The van der Waals surface area contributed by atoms with E-state index in [1.165, 1.54) is 34.5 Å². The molecule has 0 saturated carbocycles. The van der Waals surface area contributed by atoms with Gasteiger partial charge in [-0.1, -0.05) is 11.6 Å². The molecule has 4 aromatic rings. The van der Waals surface area contributed by atoms with E-state index in [-0.39, 0.29) is 35.9 Å². The second-order valence-electron chi connectivity index (χ2n) is 6.79. The maximum Gasteiger partial charge on any atom is 0.416 e. The van der Waals surface area contributed by atoms with E-state index in [9.17, 15) is 22.8 Å². The van der Waals surface area contributed by atoms with Crippen molar-refractivity contribution in [3.63, 3.8) is 0 Å². The van der Waals surface area contributed by atoms with Gasteiger partial charge in [-0.25, -0.2) is 9.97 Å². The lowest BCUT2D eigenvalue weighted by molar-refractivity contribution is -0.137. The quantitative estimate of drug-likeness (QED) is 0.396. The highest BCUT2D eigenvalue weighted by Crippen LogP contribution is 2.33. The predicted octanol–water partition coefficient (Wildman–Crippen LogP) is 5.21. The van der Waals surface area contributed by atoms with Crippen LogP contribution in [0.5, 0.6) is 0 Å². The Morgan fingerprint density at radius 1 is 1.22 bits per heavy atom. The fraction of sp³-hybridized carbons (Fsp3) is 0.200. The molecule has 4 rings (SSSR count). The molecule has 32 heavy (non-hydrogen) atoms. The molecule has 0 atom stereocenters. The number of thiazole rings is 1. The summed E-state index contributed by atoms with van der Waals surface area (Å²) in [6, 6.07) is 4.85. The molecular weight excluding hydrogens is 485 g/mol. The summed E-state index contributed by atoms with van der Waals surface area (Å²) >= 11 is 8.55. The van der Waals surface area contributed by atoms with Crippen LogP contribution < -0.4 is 10.9 Å². The van der Waals surface area contributed by atoms with Gasteiger partial charge >= 0.3 is 6.18 Å². The van der Waals surface area contributed by atoms with Gasteiger partial charge in [-0.15, -0.1) is 22.7 Å². The van der Waals surface area contributed by atoms with E-state index in [0.717, 1.165) is 23.5 Å². The van der Waals surface area contributed by atoms with E-state index in [4.69, 9.17) is 11.6 Å². The number of hydrogen-bond donors (Lipinski definition) is 1. The lowest BCUT2D eigenvalue weighted by Crippen LogP contribution is -2.23. The van der Waals surface area contributed by atoms with Crippen LogP contribution in [0, 0.1) is 0 Å². The molecule has 1 N–H and O–H groups in total. The van der Waals surface area contributed by atoms with Crippen LogP contribution in [0.3, 0.4) is 0 Å². The molecule has 3 aromatic heterocycles. The molecule has 0 aliphatic rings. The Morgan fingerprint density at radius 3 is 2.81 bits per heavy atom. The van der Waals surface area contributed by atoms with Crippen molar-refractivity contribution in [2.24, 2.45) is 0 Å². The molecular formula is C20H14ClF3N4O2S2. The highest BCUT2D eigenvalue weighted by Gasteiger charge is 2.31. The van der Waals surface area contributed by atoms with Crippen LogP contribution in [0.4, 0.5) is 18.3 Å². The van der Waals surface area contributed by atoms with E-state index in [2.05, 4.69) is 15.3 Å². The summed E-state index contributed by atoms with van der Waals surface area (Å²) < 4.78 is 40.2. The number of aromatic nitrogens is 3. The molecule has 0 aliphatic carbocycles. The number of fused-ring (bicyclic) bond motifs is 1. The minimum Gasteiger partial charge on any atom is -0.302 e. The highest BCUT2D eigenvalue weighted by molar-refractivity contribution is 7.16. The van der Waals surface area contributed by atoms with E-state index >= 15 is 0 Å². The summed E-state index contributed by atoms with van der Waals surface area (Å²) in [5, 5.41) is 5.47. The van der Waals surface area contributed by atoms with E-state index in [1.807, 2.05) is 0 Å². The number of rotatable bonds is 6. The number of nitrogens with one attached hydrogen (secondary N) is 1. The Labute approximate surface area is 192 Å². The molecule has 0 bridgehead atoms. The van der Waals surface area contributed by atoms with E-state index in [0.29, 0.717) is 25.8 Å². The second kappa shape index (κ2) is 9.00. The zero-order valence-corrected chi connectivity index (χ0v) is 18.5. The van der Waals surface area contributed by atoms with Gasteiger partial charge in [-0.2, -0.15) is 13.2 Å². The number of carbonyl (C=O) groups is 1. The van der Waals surface area contributed by atoms with Crippen molar-refractivity contribution in [1.82, 2.24) is 14.5 Å². The molecule has 0 saturated heterocycles. The van der Waals surface area contributed by atoms with Crippen molar-refractivity contribution >= 4 is 55.5 Å². The van der Waals surface area contributed by atoms with Gasteiger partial charge in [0.1, 0.15) is 4.83 Å². The number of carbonyl (C=O) groups excluding carboxylic acids is 1. The Kier molecular flexibility index (Phi) is 6.31. The van der Waals surface area contributed by atoms with E-state index in [1.54, 1.807) is 11.4 Å². The minimum atomic E-state index is -4.46. The van der Waals surface area contributed by atoms with Crippen LogP contribution in [-0.2, 0) is 23.9 Å². The van der Waals surface area contributed by atoms with Gasteiger partial charge in [-0.05, 0) is 35.2 Å². The average Bonchev–Trinajstić information content (AvgIpc) is 3.38. The molecule has 166 valence electrons. The summed E-state index contributed by atoms with van der Waals surface area (Å²) in [6.45, 7) is 0.154. The molecule has 1 aromatic carbocycles. The number of hydrogen-bond acceptors (Lipinski definition) is 6. The third kappa shape index (κ3) is 5.00. The summed E-state index contributed by atoms with van der Waals surface area (Å²) in [5.74, 6) is -0.347. The monoisotopic (exact) mass is 498 g/mol. The SMILES string of the molecule is O=C(CCn1cnc2sccc2c1=O)Nc1ncc(Cc2cc(C(F)(F)F)ccc2Cl)s1. The van der Waals surface area contributed by atoms with Crippen molar-refractivity contribution < 1.29 is 18.0 Å². The Hall–Kier alpha value is -2.76. The van der Waals surface area contributed by atoms with Gasteiger partial charge < -0.3 is 5.32 Å². The van der Waals surface area contributed by atoms with Crippen molar-refractivity contribution in [2.75, 3.05) is 5.32 Å². The molecule has 0 aliphatic heterocycles. The summed E-state index contributed by atoms with van der Waals surface area (Å²) in [6.07, 6.45) is -1.38. The topological polar surface area (TPSA) is 76.9 Å². The third-order valence-electron chi connectivity index (χ3n) is 4.57. The largest absolute Gasteiger partial charge is 0.416 e. The van der Waals surface area contributed by atoms with Crippen molar-refractivity contribution in [2.45, 2.75) is 25.6 Å². The van der Waals surface area contributed by atoms with Gasteiger partial charge in [0.25, 0.3) is 5.56 Å². The number of halogens is 4. The number of alkyl halides is 3. The van der Waals surface area contributed by atoms with Gasteiger partial charge in [0, 0.05) is 35.5 Å². The fourth-order valence-corrected chi connectivity index (χ4v) is 4.74. The van der Waals surface area contributed by atoms with Crippen LogP contribution in [-0.4, -0.2) is 20.4 Å². The van der Waals surface area contributed by atoms with Crippen LogP contribution in [0.1, 0.15) is 22.4 Å². The maximum atomic E-state index is 12.9. The van der Waals surface area contributed by atoms with Crippen molar-refractivity contribution in [3.05, 3.63) is 73.6 Å². The molecule has 0 radical (unpaired) electrons. The molecule has 1 amide bonds. The normalized spacial score (nSPS) is 11.8.